The number of fused-ring (bicyclic) bond motifs is 1. The van der Waals surface area contributed by atoms with Crippen LogP contribution in [0.25, 0.3) is 0 Å². The molecule has 138 valence electrons. The van der Waals surface area contributed by atoms with Gasteiger partial charge in [0.15, 0.2) is 0 Å². The summed E-state index contributed by atoms with van der Waals surface area (Å²) in [6.45, 7) is 3.85. The Bertz CT molecular complexity index is 751. The molecule has 3 rings (SSSR count). The van der Waals surface area contributed by atoms with E-state index in [1.54, 1.807) is 11.0 Å². The molecule has 1 N–H and O–H groups in total. The minimum atomic E-state index is -0.563. The van der Waals surface area contributed by atoms with Gasteiger partial charge in [-0.15, -0.1) is 0 Å². The van der Waals surface area contributed by atoms with Gasteiger partial charge in [-0.25, -0.2) is 4.39 Å². The van der Waals surface area contributed by atoms with Crippen molar-refractivity contribution in [1.82, 2.24) is 4.90 Å². The molecule has 0 aliphatic carbocycles. The van der Waals surface area contributed by atoms with Gasteiger partial charge in [0.2, 0.25) is 5.91 Å². The van der Waals surface area contributed by atoms with Crippen molar-refractivity contribution in [3.63, 3.8) is 0 Å². The van der Waals surface area contributed by atoms with E-state index in [0.29, 0.717) is 39.0 Å². The number of halogens is 1. The summed E-state index contributed by atoms with van der Waals surface area (Å²) >= 11 is 0. The van der Waals surface area contributed by atoms with Crippen LogP contribution in [0, 0.1) is 5.82 Å². The summed E-state index contributed by atoms with van der Waals surface area (Å²) in [5.74, 6) is -0.248. The summed E-state index contributed by atoms with van der Waals surface area (Å²) < 4.78 is 13.8. The number of aliphatic hydroxyl groups excluding tert-OH is 1. The van der Waals surface area contributed by atoms with Crippen molar-refractivity contribution >= 4 is 11.6 Å². The predicted octanol–water partition coefficient (Wildman–Crippen LogP) is 2.99. The van der Waals surface area contributed by atoms with Crippen LogP contribution < -0.4 is 4.90 Å². The first-order chi connectivity index (χ1) is 12.6. The van der Waals surface area contributed by atoms with E-state index in [9.17, 15) is 14.3 Å². The summed E-state index contributed by atoms with van der Waals surface area (Å²) in [5.41, 5.74) is 2.75. The summed E-state index contributed by atoms with van der Waals surface area (Å²) in [6.07, 6.45) is 0.373. The average Bonchev–Trinajstić information content (AvgIpc) is 2.63. The van der Waals surface area contributed by atoms with Crippen LogP contribution in [0.2, 0.25) is 0 Å². The Kier molecular flexibility index (Phi) is 5.89. The highest BCUT2D eigenvalue weighted by molar-refractivity contribution is 5.78. The summed E-state index contributed by atoms with van der Waals surface area (Å²) in [5, 5.41) is 10.6. The molecule has 0 aromatic heterocycles. The van der Waals surface area contributed by atoms with Crippen LogP contribution in [0.1, 0.15) is 24.5 Å². The molecule has 1 heterocycles. The zero-order valence-corrected chi connectivity index (χ0v) is 15.1. The molecule has 1 atom stereocenters. The molecule has 5 heteroatoms. The summed E-state index contributed by atoms with van der Waals surface area (Å²) in [7, 11) is 0. The normalized spacial score (nSPS) is 16.0. The Morgan fingerprint density at radius 2 is 1.92 bits per heavy atom. The highest BCUT2D eigenvalue weighted by Gasteiger charge is 2.23. The number of carbonyl (C=O) groups is 1. The number of benzene rings is 2. The highest BCUT2D eigenvalue weighted by Crippen LogP contribution is 2.26. The van der Waals surface area contributed by atoms with Crippen molar-refractivity contribution in [3.05, 3.63) is 65.5 Å². The van der Waals surface area contributed by atoms with Gasteiger partial charge in [0, 0.05) is 44.7 Å². The fraction of sp³-hybridized carbons (Fsp3) is 0.381. The maximum Gasteiger partial charge on any atom is 0.224 e. The second-order valence-electron chi connectivity index (χ2n) is 6.72. The lowest BCUT2D eigenvalue weighted by molar-refractivity contribution is -0.131. The smallest absolute Gasteiger partial charge is 0.224 e. The van der Waals surface area contributed by atoms with Crippen LogP contribution in [0.15, 0.2) is 48.5 Å². The largest absolute Gasteiger partial charge is 0.391 e. The molecule has 1 aliphatic heterocycles. The lowest BCUT2D eigenvalue weighted by Crippen LogP contribution is -2.41. The molecule has 1 unspecified atom stereocenters. The molecule has 1 amide bonds. The fourth-order valence-corrected chi connectivity index (χ4v) is 3.48. The number of hydrogen-bond donors (Lipinski definition) is 1. The van der Waals surface area contributed by atoms with Gasteiger partial charge in [0.25, 0.3) is 0 Å². The number of anilines is 1. The van der Waals surface area contributed by atoms with Crippen molar-refractivity contribution in [2.24, 2.45) is 0 Å². The second-order valence-corrected chi connectivity index (χ2v) is 6.72. The van der Waals surface area contributed by atoms with Crippen molar-refractivity contribution in [3.8, 4) is 0 Å². The van der Waals surface area contributed by atoms with Crippen LogP contribution >= 0.6 is 0 Å². The van der Waals surface area contributed by atoms with Crippen LogP contribution in [0.3, 0.4) is 0 Å². The Morgan fingerprint density at radius 1 is 1.15 bits per heavy atom. The third-order valence-electron chi connectivity index (χ3n) is 4.82. The molecule has 0 spiro atoms. The molecular weight excluding hydrogens is 331 g/mol. The molecule has 0 bridgehead atoms. The molecule has 2 aromatic carbocycles. The standard InChI is InChI=1S/C21H25FN2O2/c1-2-23-14-17-13-18(22)8-9-20(17)24(11-10-21(23)26)15-19(25)12-16-6-4-3-5-7-16/h3-9,13,19,25H,2,10-12,14-15H2,1H3. The number of amides is 1. The molecule has 0 radical (unpaired) electrons. The van der Waals surface area contributed by atoms with Crippen LogP contribution in [-0.2, 0) is 17.8 Å². The molecule has 2 aromatic rings. The number of hydrogen-bond acceptors (Lipinski definition) is 3. The first-order valence-corrected chi connectivity index (χ1v) is 9.10. The van der Waals surface area contributed by atoms with Gasteiger partial charge in [-0.3, -0.25) is 4.79 Å². The Hall–Kier alpha value is -2.40. The molecule has 0 fully saturated rings. The van der Waals surface area contributed by atoms with Crippen molar-refractivity contribution < 1.29 is 14.3 Å². The quantitative estimate of drug-likeness (QED) is 0.896. The minimum absolute atomic E-state index is 0.0601. The number of nitrogens with zero attached hydrogens (tertiary/aromatic N) is 2. The summed E-state index contributed by atoms with van der Waals surface area (Å²) in [6, 6.07) is 14.5. The van der Waals surface area contributed by atoms with E-state index in [2.05, 4.69) is 0 Å². The Morgan fingerprint density at radius 3 is 2.65 bits per heavy atom. The van der Waals surface area contributed by atoms with Gasteiger partial charge >= 0.3 is 0 Å². The zero-order valence-electron chi connectivity index (χ0n) is 15.1. The lowest BCUT2D eigenvalue weighted by atomic mass is 10.0. The van der Waals surface area contributed by atoms with Crippen molar-refractivity contribution in [2.45, 2.75) is 32.4 Å². The molecule has 0 saturated heterocycles. The topological polar surface area (TPSA) is 43.8 Å². The number of β-amino-alcohol motifs (C(OH)–C–C–N with tert-alkyl or cyclic N) is 1. The van der Waals surface area contributed by atoms with Gasteiger partial charge in [0.1, 0.15) is 5.82 Å². The third-order valence-corrected chi connectivity index (χ3v) is 4.82. The van der Waals surface area contributed by atoms with Gasteiger partial charge in [-0.05, 0) is 36.2 Å². The van der Waals surface area contributed by atoms with Gasteiger partial charge < -0.3 is 14.9 Å². The number of rotatable bonds is 5. The first-order valence-electron chi connectivity index (χ1n) is 9.10. The molecule has 26 heavy (non-hydrogen) atoms. The van der Waals surface area contributed by atoms with E-state index >= 15 is 0 Å². The Labute approximate surface area is 153 Å². The Balaban J connectivity index is 1.81. The van der Waals surface area contributed by atoms with Crippen LogP contribution in [0.5, 0.6) is 0 Å². The summed E-state index contributed by atoms with van der Waals surface area (Å²) in [4.78, 5) is 16.1. The van der Waals surface area contributed by atoms with E-state index in [4.69, 9.17) is 0 Å². The maximum atomic E-state index is 13.8. The van der Waals surface area contributed by atoms with Gasteiger partial charge in [-0.1, -0.05) is 30.3 Å². The number of aliphatic hydroxyl groups is 1. The average molecular weight is 356 g/mol. The highest BCUT2D eigenvalue weighted by atomic mass is 19.1. The van der Waals surface area contributed by atoms with Crippen molar-refractivity contribution in [2.75, 3.05) is 24.5 Å². The lowest BCUT2D eigenvalue weighted by Gasteiger charge is -2.34. The fourth-order valence-electron chi connectivity index (χ4n) is 3.48. The van der Waals surface area contributed by atoms with E-state index < -0.39 is 6.10 Å². The van der Waals surface area contributed by atoms with Gasteiger partial charge in [-0.2, -0.15) is 0 Å². The SMILES string of the molecule is CCN1Cc2cc(F)ccc2N(CC(O)Cc2ccccc2)CCC1=O. The molecule has 1 aliphatic rings. The van der Waals surface area contributed by atoms with E-state index in [1.165, 1.54) is 12.1 Å². The van der Waals surface area contributed by atoms with Crippen LogP contribution in [0.4, 0.5) is 10.1 Å². The van der Waals surface area contributed by atoms with E-state index in [-0.39, 0.29) is 11.7 Å². The minimum Gasteiger partial charge on any atom is -0.391 e. The monoisotopic (exact) mass is 356 g/mol. The van der Waals surface area contributed by atoms with Crippen molar-refractivity contribution in [1.29, 1.82) is 0 Å². The predicted molar refractivity (Wildman–Crippen MR) is 100 cm³/mol. The first kappa shape index (κ1) is 18.4. The van der Waals surface area contributed by atoms with Gasteiger partial charge in [0.05, 0.1) is 6.10 Å². The third kappa shape index (κ3) is 4.41. The van der Waals surface area contributed by atoms with Crippen LogP contribution in [-0.4, -0.2) is 41.7 Å². The maximum absolute atomic E-state index is 13.8. The molecular formula is C21H25FN2O2. The molecule has 0 saturated carbocycles. The number of carbonyl (C=O) groups excluding carboxylic acids is 1. The van der Waals surface area contributed by atoms with E-state index in [1.807, 2.05) is 42.2 Å². The zero-order chi connectivity index (χ0) is 18.5. The molecule has 4 nitrogen and oxygen atoms in total. The second kappa shape index (κ2) is 8.32. The van der Waals surface area contributed by atoms with E-state index in [0.717, 1.165) is 16.8 Å².